The third-order valence-corrected chi connectivity index (χ3v) is 4.47. The molecule has 1 saturated heterocycles. The Balaban J connectivity index is 2.25. The second-order valence-corrected chi connectivity index (χ2v) is 6.98. The van der Waals surface area contributed by atoms with Crippen molar-refractivity contribution in [3.8, 4) is 0 Å². The minimum atomic E-state index is -0.835. The van der Waals surface area contributed by atoms with Gasteiger partial charge in [-0.2, -0.15) is 0 Å². The second-order valence-electron chi connectivity index (χ2n) is 6.54. The zero-order chi connectivity index (χ0) is 17.1. The summed E-state index contributed by atoms with van der Waals surface area (Å²) in [7, 11) is 3.68. The van der Waals surface area contributed by atoms with Gasteiger partial charge in [-0.3, -0.25) is 14.5 Å². The van der Waals surface area contributed by atoms with Gasteiger partial charge in [0.05, 0.1) is 5.92 Å². The van der Waals surface area contributed by atoms with E-state index in [1.54, 1.807) is 17.0 Å². The summed E-state index contributed by atoms with van der Waals surface area (Å²) in [6.07, 6.45) is 0.614. The van der Waals surface area contributed by atoms with E-state index in [9.17, 15) is 14.7 Å². The number of nitrogens with zero attached hydrogens (tertiary/aromatic N) is 2. The number of carbonyl (C=O) groups excluding carboxylic acids is 1. The van der Waals surface area contributed by atoms with E-state index < -0.39 is 17.9 Å². The average molecular weight is 339 g/mol. The molecule has 126 valence electrons. The zero-order valence-corrected chi connectivity index (χ0v) is 14.5. The Kier molecular flexibility index (Phi) is 5.65. The number of amides is 1. The highest BCUT2D eigenvalue weighted by atomic mass is 35.5. The Morgan fingerprint density at radius 1 is 1.35 bits per heavy atom. The van der Waals surface area contributed by atoms with E-state index in [-0.39, 0.29) is 18.4 Å². The van der Waals surface area contributed by atoms with E-state index in [1.165, 1.54) is 0 Å². The molecule has 23 heavy (non-hydrogen) atoms. The monoisotopic (exact) mass is 338 g/mol. The lowest BCUT2D eigenvalue weighted by Gasteiger charge is -2.38. The van der Waals surface area contributed by atoms with E-state index in [2.05, 4.69) is 0 Å². The van der Waals surface area contributed by atoms with Crippen LogP contribution in [0.1, 0.15) is 24.9 Å². The number of carbonyl (C=O) groups is 2. The van der Waals surface area contributed by atoms with E-state index in [1.807, 2.05) is 38.1 Å². The molecule has 2 rings (SSSR count). The minimum absolute atomic E-state index is 0.0740. The van der Waals surface area contributed by atoms with Crippen LogP contribution in [0.5, 0.6) is 0 Å². The number of rotatable bonds is 4. The normalized spacial score (nSPS) is 22.9. The molecule has 3 unspecified atom stereocenters. The quantitative estimate of drug-likeness (QED) is 0.916. The van der Waals surface area contributed by atoms with Crippen LogP contribution in [-0.2, 0) is 9.59 Å². The number of carboxylic acids is 1. The Labute approximate surface area is 141 Å². The number of hydrogen-bond donors (Lipinski definition) is 1. The van der Waals surface area contributed by atoms with Crippen LogP contribution in [-0.4, -0.2) is 54.0 Å². The molecule has 1 N–H and O–H groups in total. The first-order chi connectivity index (χ1) is 10.8. The fourth-order valence-corrected chi connectivity index (χ4v) is 3.42. The van der Waals surface area contributed by atoms with Crippen LogP contribution in [0.25, 0.3) is 0 Å². The maximum absolute atomic E-state index is 13.0. The average Bonchev–Trinajstić information content (AvgIpc) is 2.46. The highest BCUT2D eigenvalue weighted by Crippen LogP contribution is 2.28. The molecule has 0 radical (unpaired) electrons. The molecule has 1 amide bonds. The molecule has 6 heteroatoms. The van der Waals surface area contributed by atoms with Crippen LogP contribution < -0.4 is 0 Å². The van der Waals surface area contributed by atoms with Crippen molar-refractivity contribution in [3.63, 3.8) is 0 Å². The summed E-state index contributed by atoms with van der Waals surface area (Å²) in [6, 6.07) is 6.78. The zero-order valence-electron chi connectivity index (χ0n) is 13.7. The number of likely N-dealkylation sites (N-methyl/N-ethyl adjacent to an activating group) is 1. The van der Waals surface area contributed by atoms with Crippen molar-refractivity contribution in [2.75, 3.05) is 27.2 Å². The molecule has 0 aromatic heterocycles. The van der Waals surface area contributed by atoms with Gasteiger partial charge >= 0.3 is 5.97 Å². The summed E-state index contributed by atoms with van der Waals surface area (Å²) < 4.78 is 0. The summed E-state index contributed by atoms with van der Waals surface area (Å²) in [4.78, 5) is 27.8. The van der Waals surface area contributed by atoms with Crippen molar-refractivity contribution >= 4 is 23.5 Å². The molecule has 1 aromatic carbocycles. The van der Waals surface area contributed by atoms with Crippen molar-refractivity contribution in [2.45, 2.75) is 19.4 Å². The lowest BCUT2D eigenvalue weighted by molar-refractivity contribution is -0.148. The SMILES string of the molecule is CC1CC(C(=O)O)CN(C(=O)C(c2cccc(Cl)c2)N(C)C)C1. The molecule has 0 saturated carbocycles. The lowest BCUT2D eigenvalue weighted by atomic mass is 9.89. The van der Waals surface area contributed by atoms with Crippen molar-refractivity contribution in [3.05, 3.63) is 34.9 Å². The molecule has 1 fully saturated rings. The molecule has 1 aromatic rings. The Hall–Kier alpha value is -1.59. The molecular weight excluding hydrogens is 316 g/mol. The summed E-state index contributed by atoms with van der Waals surface area (Å²) >= 11 is 6.05. The van der Waals surface area contributed by atoms with Crippen molar-refractivity contribution < 1.29 is 14.7 Å². The number of carboxylic acid groups (broad SMARTS) is 1. The molecule has 3 atom stereocenters. The van der Waals surface area contributed by atoms with Gasteiger partial charge in [0, 0.05) is 18.1 Å². The largest absolute Gasteiger partial charge is 0.481 e. The molecule has 1 heterocycles. The van der Waals surface area contributed by atoms with E-state index in [4.69, 9.17) is 11.6 Å². The molecule has 0 spiro atoms. The van der Waals surface area contributed by atoms with Gasteiger partial charge in [-0.05, 0) is 44.1 Å². The Morgan fingerprint density at radius 2 is 2.04 bits per heavy atom. The van der Waals surface area contributed by atoms with Gasteiger partial charge in [-0.25, -0.2) is 0 Å². The number of piperidine rings is 1. The Bertz CT molecular complexity index is 591. The molecule has 0 aliphatic carbocycles. The number of likely N-dealkylation sites (tertiary alicyclic amines) is 1. The van der Waals surface area contributed by atoms with Crippen molar-refractivity contribution in [1.82, 2.24) is 9.80 Å². The van der Waals surface area contributed by atoms with Crippen molar-refractivity contribution in [1.29, 1.82) is 0 Å². The lowest BCUT2D eigenvalue weighted by Crippen LogP contribution is -2.49. The first-order valence-corrected chi connectivity index (χ1v) is 8.11. The smallest absolute Gasteiger partial charge is 0.308 e. The number of benzene rings is 1. The maximum Gasteiger partial charge on any atom is 0.308 e. The van der Waals surface area contributed by atoms with E-state index in [0.717, 1.165) is 5.56 Å². The van der Waals surface area contributed by atoms with Gasteiger partial charge in [0.2, 0.25) is 5.91 Å². The molecular formula is C17H23ClN2O3. The fraction of sp³-hybridized carbons (Fsp3) is 0.529. The summed E-state index contributed by atoms with van der Waals surface area (Å²) in [5.41, 5.74) is 0.817. The highest BCUT2D eigenvalue weighted by Gasteiger charge is 2.35. The van der Waals surface area contributed by atoms with Gasteiger partial charge < -0.3 is 10.0 Å². The topological polar surface area (TPSA) is 60.9 Å². The third kappa shape index (κ3) is 4.24. The number of hydrogen-bond acceptors (Lipinski definition) is 3. The van der Waals surface area contributed by atoms with Crippen LogP contribution in [0, 0.1) is 11.8 Å². The van der Waals surface area contributed by atoms with E-state index >= 15 is 0 Å². The van der Waals surface area contributed by atoms with Crippen molar-refractivity contribution in [2.24, 2.45) is 11.8 Å². The van der Waals surface area contributed by atoms with Crippen LogP contribution in [0.2, 0.25) is 5.02 Å². The molecule has 5 nitrogen and oxygen atoms in total. The van der Waals surface area contributed by atoms with Crippen LogP contribution in [0.15, 0.2) is 24.3 Å². The Morgan fingerprint density at radius 3 is 2.61 bits per heavy atom. The van der Waals surface area contributed by atoms with Gasteiger partial charge in [0.1, 0.15) is 6.04 Å². The standard InChI is InChI=1S/C17H23ClN2O3/c1-11-7-13(17(22)23)10-20(9-11)16(21)15(19(2)3)12-5-4-6-14(18)8-12/h4-6,8,11,13,15H,7,9-10H2,1-3H3,(H,22,23). The van der Waals surface area contributed by atoms with Crippen LogP contribution >= 0.6 is 11.6 Å². The molecule has 1 aliphatic heterocycles. The van der Waals surface area contributed by atoms with E-state index in [0.29, 0.717) is 18.0 Å². The summed E-state index contributed by atoms with van der Waals surface area (Å²) in [5, 5.41) is 9.87. The predicted molar refractivity (Wildman–Crippen MR) is 89.4 cm³/mol. The van der Waals surface area contributed by atoms with Crippen LogP contribution in [0.3, 0.4) is 0 Å². The van der Waals surface area contributed by atoms with Gasteiger partial charge in [0.25, 0.3) is 0 Å². The molecule has 0 bridgehead atoms. The third-order valence-electron chi connectivity index (χ3n) is 4.24. The van der Waals surface area contributed by atoms with Gasteiger partial charge in [0.15, 0.2) is 0 Å². The summed E-state index contributed by atoms with van der Waals surface area (Å²) in [5.74, 6) is -1.23. The second kappa shape index (κ2) is 7.32. The number of aliphatic carboxylic acids is 1. The number of halogens is 1. The highest BCUT2D eigenvalue weighted by molar-refractivity contribution is 6.30. The van der Waals surface area contributed by atoms with Gasteiger partial charge in [-0.15, -0.1) is 0 Å². The molecule has 1 aliphatic rings. The summed E-state index contributed by atoms with van der Waals surface area (Å²) in [6.45, 7) is 2.84. The first kappa shape index (κ1) is 17.8. The fourth-order valence-electron chi connectivity index (χ4n) is 3.22. The first-order valence-electron chi connectivity index (χ1n) is 7.73. The minimum Gasteiger partial charge on any atom is -0.481 e. The maximum atomic E-state index is 13.0. The van der Waals surface area contributed by atoms with Gasteiger partial charge in [-0.1, -0.05) is 30.7 Å². The predicted octanol–water partition coefficient (Wildman–Crippen LogP) is 2.51. The van der Waals surface area contributed by atoms with Crippen LogP contribution in [0.4, 0.5) is 0 Å².